The lowest BCUT2D eigenvalue weighted by molar-refractivity contribution is -0.149. The van der Waals surface area contributed by atoms with E-state index >= 15 is 0 Å². The van der Waals surface area contributed by atoms with Gasteiger partial charge in [-0.25, -0.2) is 4.79 Å². The lowest BCUT2D eigenvalue weighted by Gasteiger charge is -2.30. The van der Waals surface area contributed by atoms with Crippen molar-refractivity contribution < 1.29 is 41.4 Å². The van der Waals surface area contributed by atoms with Gasteiger partial charge in [-0.2, -0.15) is 13.2 Å². The molecule has 0 aliphatic carbocycles. The van der Waals surface area contributed by atoms with Gasteiger partial charge in [-0.15, -0.1) is 0 Å². The Labute approximate surface area is 175 Å². The van der Waals surface area contributed by atoms with Gasteiger partial charge in [0.15, 0.2) is 6.61 Å². The smallest absolute Gasteiger partial charge is 0.416 e. The number of rotatable bonds is 5. The first-order chi connectivity index (χ1) is 14.7. The predicted molar refractivity (Wildman–Crippen MR) is 101 cm³/mol. The molecule has 10 heteroatoms. The average molecular weight is 439 g/mol. The summed E-state index contributed by atoms with van der Waals surface area (Å²) in [4.78, 5) is 37.4. The molecule has 31 heavy (non-hydrogen) atoms. The van der Waals surface area contributed by atoms with E-state index in [-0.39, 0.29) is 29.0 Å². The number of nitrogens with zero attached hydrogens (tertiary/aromatic N) is 1. The summed E-state index contributed by atoms with van der Waals surface area (Å²) in [5.74, 6) is -2.06. The van der Waals surface area contributed by atoms with E-state index in [4.69, 9.17) is 13.9 Å². The average Bonchev–Trinajstić information content (AvgIpc) is 3.27. The van der Waals surface area contributed by atoms with E-state index in [1.165, 1.54) is 36.3 Å². The number of carbonyl (C=O) groups excluding carboxylic acids is 3. The van der Waals surface area contributed by atoms with E-state index < -0.39 is 30.2 Å². The van der Waals surface area contributed by atoms with E-state index in [1.807, 2.05) is 0 Å². The van der Waals surface area contributed by atoms with Crippen LogP contribution in [0.15, 0.2) is 40.8 Å². The summed E-state index contributed by atoms with van der Waals surface area (Å²) in [6.07, 6.45) is -3.58. The first-order valence-electron chi connectivity index (χ1n) is 9.49. The molecule has 0 saturated carbocycles. The maximum atomic E-state index is 12.9. The highest BCUT2D eigenvalue weighted by Gasteiger charge is 2.31. The van der Waals surface area contributed by atoms with Gasteiger partial charge in [0.05, 0.1) is 18.6 Å². The molecule has 7 nitrogen and oxygen atoms in total. The van der Waals surface area contributed by atoms with Crippen LogP contribution in [0.1, 0.15) is 29.0 Å². The molecule has 1 fully saturated rings. The van der Waals surface area contributed by atoms with Crippen LogP contribution in [0, 0.1) is 5.92 Å². The highest BCUT2D eigenvalue weighted by Crippen LogP contribution is 2.32. The van der Waals surface area contributed by atoms with E-state index in [9.17, 15) is 27.6 Å². The number of piperidine rings is 1. The Kier molecular flexibility index (Phi) is 6.67. The molecule has 3 rings (SSSR count). The van der Waals surface area contributed by atoms with Gasteiger partial charge in [-0.3, -0.25) is 9.59 Å². The van der Waals surface area contributed by atoms with E-state index in [0.717, 1.165) is 12.1 Å². The van der Waals surface area contributed by atoms with Gasteiger partial charge >= 0.3 is 18.1 Å². The quantitative estimate of drug-likeness (QED) is 0.663. The number of hydrogen-bond acceptors (Lipinski definition) is 6. The van der Waals surface area contributed by atoms with Gasteiger partial charge in [0.1, 0.15) is 5.76 Å². The minimum Gasteiger partial charge on any atom is -0.469 e. The van der Waals surface area contributed by atoms with Crippen LogP contribution in [0.3, 0.4) is 0 Å². The summed E-state index contributed by atoms with van der Waals surface area (Å²) in [5, 5.41) is 0. The number of halogens is 3. The van der Waals surface area contributed by atoms with Gasteiger partial charge in [0, 0.05) is 18.7 Å². The number of furan rings is 1. The number of amides is 1. The van der Waals surface area contributed by atoms with Gasteiger partial charge in [-0.1, -0.05) is 12.1 Å². The molecule has 2 heterocycles. The van der Waals surface area contributed by atoms with Crippen LogP contribution in [0.25, 0.3) is 11.3 Å². The number of hydrogen-bond donors (Lipinski definition) is 0. The molecule has 1 aromatic heterocycles. The summed E-state index contributed by atoms with van der Waals surface area (Å²) in [6.45, 7) is 0.175. The largest absolute Gasteiger partial charge is 0.469 e. The Bertz CT molecular complexity index is 960. The second-order valence-electron chi connectivity index (χ2n) is 7.00. The van der Waals surface area contributed by atoms with Crippen LogP contribution in [0.5, 0.6) is 0 Å². The van der Waals surface area contributed by atoms with Crippen molar-refractivity contribution in [3.05, 3.63) is 47.7 Å². The molecule has 0 radical (unpaired) electrons. The van der Waals surface area contributed by atoms with Crippen LogP contribution < -0.4 is 0 Å². The van der Waals surface area contributed by atoms with Crippen molar-refractivity contribution in [1.82, 2.24) is 4.90 Å². The van der Waals surface area contributed by atoms with Gasteiger partial charge < -0.3 is 18.8 Å². The lowest BCUT2D eigenvalue weighted by atomic mass is 9.97. The zero-order chi connectivity index (χ0) is 22.6. The van der Waals surface area contributed by atoms with E-state index in [0.29, 0.717) is 25.9 Å². The number of benzene rings is 1. The van der Waals surface area contributed by atoms with Crippen molar-refractivity contribution in [3.8, 4) is 11.3 Å². The zero-order valence-electron chi connectivity index (χ0n) is 16.6. The molecule has 2 aromatic rings. The number of carbonyl (C=O) groups is 3. The van der Waals surface area contributed by atoms with Gasteiger partial charge in [-0.05, 0) is 37.1 Å². The fraction of sp³-hybridized carbons (Fsp3) is 0.381. The van der Waals surface area contributed by atoms with Crippen LogP contribution in [-0.2, 0) is 25.2 Å². The standard InChI is InChI=1S/C21H20F3NO6/c1-29-19(27)13-7-9-25(10-8-13)18(26)12-30-20(28)17-6-5-16(31-17)14-3-2-4-15(11-14)21(22,23)24/h2-6,11,13H,7-10,12H2,1H3. The number of likely N-dealkylation sites (tertiary alicyclic amines) is 1. The van der Waals surface area contributed by atoms with Crippen LogP contribution in [0.4, 0.5) is 13.2 Å². The summed E-state index contributed by atoms with van der Waals surface area (Å²) in [5.41, 5.74) is -0.689. The third kappa shape index (κ3) is 5.44. The maximum absolute atomic E-state index is 12.9. The molecule has 0 N–H and O–H groups in total. The molecule has 1 amide bonds. The number of ether oxygens (including phenoxy) is 2. The zero-order valence-corrected chi connectivity index (χ0v) is 16.6. The Morgan fingerprint density at radius 2 is 1.84 bits per heavy atom. The summed E-state index contributed by atoms with van der Waals surface area (Å²) in [7, 11) is 1.31. The van der Waals surface area contributed by atoms with Crippen molar-refractivity contribution in [3.63, 3.8) is 0 Å². The Morgan fingerprint density at radius 1 is 1.13 bits per heavy atom. The molecule has 0 spiro atoms. The van der Waals surface area contributed by atoms with Crippen molar-refractivity contribution >= 4 is 17.8 Å². The minimum absolute atomic E-state index is 0.0641. The van der Waals surface area contributed by atoms with Crippen LogP contribution in [0.2, 0.25) is 0 Å². The maximum Gasteiger partial charge on any atom is 0.416 e. The molecule has 0 atom stereocenters. The van der Waals surface area contributed by atoms with Crippen molar-refractivity contribution in [1.29, 1.82) is 0 Å². The van der Waals surface area contributed by atoms with E-state index in [2.05, 4.69) is 0 Å². The summed E-state index contributed by atoms with van der Waals surface area (Å²) in [6, 6.07) is 7.12. The molecule has 1 aliphatic heterocycles. The topological polar surface area (TPSA) is 86.0 Å². The normalized spacial score (nSPS) is 14.9. The third-order valence-electron chi connectivity index (χ3n) is 4.99. The molecule has 0 unspecified atom stereocenters. The first kappa shape index (κ1) is 22.4. The van der Waals surface area contributed by atoms with E-state index in [1.54, 1.807) is 0 Å². The third-order valence-corrected chi connectivity index (χ3v) is 4.99. The SMILES string of the molecule is COC(=O)C1CCN(C(=O)COC(=O)c2ccc(-c3cccc(C(F)(F)F)c3)o2)CC1. The number of methoxy groups -OCH3 is 1. The fourth-order valence-corrected chi connectivity index (χ4v) is 3.27. The monoisotopic (exact) mass is 439 g/mol. The molecule has 1 saturated heterocycles. The number of esters is 2. The lowest BCUT2D eigenvalue weighted by Crippen LogP contribution is -2.42. The summed E-state index contributed by atoms with van der Waals surface area (Å²) >= 11 is 0. The summed E-state index contributed by atoms with van der Waals surface area (Å²) < 4.78 is 53.6. The number of alkyl halides is 3. The Balaban J connectivity index is 1.55. The highest BCUT2D eigenvalue weighted by atomic mass is 19.4. The fourth-order valence-electron chi connectivity index (χ4n) is 3.27. The molecule has 166 valence electrons. The van der Waals surface area contributed by atoms with Crippen LogP contribution in [-0.4, -0.2) is 49.6 Å². The van der Waals surface area contributed by atoms with Gasteiger partial charge in [0.2, 0.25) is 5.76 Å². The molecule has 1 aliphatic rings. The van der Waals surface area contributed by atoms with Crippen molar-refractivity contribution in [2.75, 3.05) is 26.8 Å². The molecular formula is C21H20F3NO6. The molecule has 0 bridgehead atoms. The van der Waals surface area contributed by atoms with Crippen LogP contribution >= 0.6 is 0 Å². The Hall–Kier alpha value is -3.30. The Morgan fingerprint density at radius 3 is 2.48 bits per heavy atom. The second kappa shape index (κ2) is 9.23. The van der Waals surface area contributed by atoms with Crippen molar-refractivity contribution in [2.45, 2.75) is 19.0 Å². The van der Waals surface area contributed by atoms with Gasteiger partial charge in [0.25, 0.3) is 5.91 Å². The van der Waals surface area contributed by atoms with Crippen molar-refractivity contribution in [2.24, 2.45) is 5.92 Å². The highest BCUT2D eigenvalue weighted by molar-refractivity contribution is 5.89. The minimum atomic E-state index is -4.50. The molecular weight excluding hydrogens is 419 g/mol. The molecule has 1 aromatic carbocycles. The predicted octanol–water partition coefficient (Wildman–Crippen LogP) is 3.53. The second-order valence-corrected chi connectivity index (χ2v) is 7.00. The first-order valence-corrected chi connectivity index (χ1v) is 9.49.